The van der Waals surface area contributed by atoms with E-state index in [1.807, 2.05) is 0 Å². The lowest BCUT2D eigenvalue weighted by molar-refractivity contribution is -0.119. The lowest BCUT2D eigenvalue weighted by atomic mass is 10.2. The van der Waals surface area contributed by atoms with E-state index in [1.54, 1.807) is 31.2 Å². The third-order valence-electron chi connectivity index (χ3n) is 2.13. The SMILES string of the molecule is CCNC(=O)CNS(=O)(=O)Cc1cccc(N)c1. The van der Waals surface area contributed by atoms with E-state index in [9.17, 15) is 13.2 Å². The van der Waals surface area contributed by atoms with Gasteiger partial charge >= 0.3 is 0 Å². The van der Waals surface area contributed by atoms with Gasteiger partial charge in [0.2, 0.25) is 15.9 Å². The molecule has 18 heavy (non-hydrogen) atoms. The molecule has 0 bridgehead atoms. The summed E-state index contributed by atoms with van der Waals surface area (Å²) in [6.07, 6.45) is 0. The van der Waals surface area contributed by atoms with Crippen molar-refractivity contribution in [3.05, 3.63) is 29.8 Å². The number of hydrogen-bond donors (Lipinski definition) is 3. The molecule has 1 rings (SSSR count). The Kier molecular flexibility index (Phi) is 5.11. The molecule has 0 unspecified atom stereocenters. The molecule has 0 heterocycles. The number of nitrogens with two attached hydrogens (primary N) is 1. The Balaban J connectivity index is 2.57. The molecule has 0 saturated carbocycles. The van der Waals surface area contributed by atoms with E-state index in [1.165, 1.54) is 0 Å². The molecule has 1 aromatic rings. The van der Waals surface area contributed by atoms with Crippen LogP contribution in [-0.2, 0) is 20.6 Å². The topological polar surface area (TPSA) is 101 Å². The van der Waals surface area contributed by atoms with Crippen LogP contribution in [0, 0.1) is 0 Å². The van der Waals surface area contributed by atoms with Crippen molar-refractivity contribution in [3.8, 4) is 0 Å². The van der Waals surface area contributed by atoms with Crippen LogP contribution in [0.4, 0.5) is 5.69 Å². The maximum atomic E-state index is 11.7. The van der Waals surface area contributed by atoms with E-state index in [4.69, 9.17) is 5.73 Å². The van der Waals surface area contributed by atoms with Crippen molar-refractivity contribution in [2.45, 2.75) is 12.7 Å². The maximum absolute atomic E-state index is 11.7. The van der Waals surface area contributed by atoms with Crippen LogP contribution in [0.5, 0.6) is 0 Å². The largest absolute Gasteiger partial charge is 0.399 e. The highest BCUT2D eigenvalue weighted by molar-refractivity contribution is 7.88. The van der Waals surface area contributed by atoms with Crippen LogP contribution in [0.3, 0.4) is 0 Å². The third-order valence-corrected chi connectivity index (χ3v) is 3.43. The monoisotopic (exact) mass is 271 g/mol. The average molecular weight is 271 g/mol. The van der Waals surface area contributed by atoms with Gasteiger partial charge in [0.05, 0.1) is 12.3 Å². The number of hydrogen-bond acceptors (Lipinski definition) is 4. The van der Waals surface area contributed by atoms with Gasteiger partial charge in [0.1, 0.15) is 0 Å². The number of carbonyl (C=O) groups excluding carboxylic acids is 1. The Hall–Kier alpha value is -1.60. The summed E-state index contributed by atoms with van der Waals surface area (Å²) in [5, 5.41) is 2.51. The molecule has 0 aromatic heterocycles. The summed E-state index contributed by atoms with van der Waals surface area (Å²) in [6, 6.07) is 6.62. The predicted molar refractivity (Wildman–Crippen MR) is 70.2 cm³/mol. The zero-order valence-corrected chi connectivity index (χ0v) is 11.0. The zero-order valence-electron chi connectivity index (χ0n) is 10.1. The Bertz CT molecular complexity index is 514. The van der Waals surface area contributed by atoms with Crippen LogP contribution in [-0.4, -0.2) is 27.4 Å². The van der Waals surface area contributed by atoms with Gasteiger partial charge in [-0.1, -0.05) is 12.1 Å². The summed E-state index contributed by atoms with van der Waals surface area (Å²) in [5.41, 5.74) is 6.65. The molecule has 1 amide bonds. The van der Waals surface area contributed by atoms with E-state index in [-0.39, 0.29) is 18.2 Å². The zero-order chi connectivity index (χ0) is 13.6. The second-order valence-electron chi connectivity index (χ2n) is 3.78. The predicted octanol–water partition coefficient (Wildman–Crippen LogP) is -0.176. The molecule has 100 valence electrons. The molecule has 7 heteroatoms. The minimum absolute atomic E-state index is 0.197. The number of likely N-dealkylation sites (N-methyl/N-ethyl adjacent to an activating group) is 1. The number of anilines is 1. The van der Waals surface area contributed by atoms with Gasteiger partial charge in [-0.3, -0.25) is 4.79 Å². The maximum Gasteiger partial charge on any atom is 0.235 e. The van der Waals surface area contributed by atoms with E-state index < -0.39 is 10.0 Å². The quantitative estimate of drug-likeness (QED) is 0.625. The Labute approximate surface area is 107 Å². The Morgan fingerprint density at radius 3 is 2.72 bits per heavy atom. The second-order valence-corrected chi connectivity index (χ2v) is 5.59. The van der Waals surface area contributed by atoms with Gasteiger partial charge in [0.15, 0.2) is 0 Å². The first-order valence-corrected chi connectivity index (χ1v) is 7.16. The molecule has 0 atom stereocenters. The lowest BCUT2D eigenvalue weighted by Crippen LogP contribution is -2.37. The van der Waals surface area contributed by atoms with Gasteiger partial charge in [-0.05, 0) is 24.6 Å². The molecule has 0 saturated heterocycles. The fraction of sp³-hybridized carbons (Fsp3) is 0.364. The van der Waals surface area contributed by atoms with Crippen LogP contribution in [0.15, 0.2) is 24.3 Å². The lowest BCUT2D eigenvalue weighted by Gasteiger charge is -2.07. The first-order chi connectivity index (χ1) is 8.43. The van der Waals surface area contributed by atoms with Crippen molar-refractivity contribution in [1.29, 1.82) is 0 Å². The average Bonchev–Trinajstić information content (AvgIpc) is 2.26. The van der Waals surface area contributed by atoms with E-state index in [0.29, 0.717) is 17.8 Å². The van der Waals surface area contributed by atoms with Crippen molar-refractivity contribution < 1.29 is 13.2 Å². The van der Waals surface area contributed by atoms with Crippen molar-refractivity contribution in [1.82, 2.24) is 10.0 Å². The van der Waals surface area contributed by atoms with Gasteiger partial charge in [-0.25, -0.2) is 13.1 Å². The smallest absolute Gasteiger partial charge is 0.235 e. The fourth-order valence-corrected chi connectivity index (χ4v) is 2.46. The molecule has 6 nitrogen and oxygen atoms in total. The Morgan fingerprint density at radius 1 is 1.39 bits per heavy atom. The minimum atomic E-state index is -3.53. The summed E-state index contributed by atoms with van der Waals surface area (Å²) < 4.78 is 25.6. The van der Waals surface area contributed by atoms with Crippen LogP contribution in [0.2, 0.25) is 0 Å². The van der Waals surface area contributed by atoms with Crippen LogP contribution in [0.25, 0.3) is 0 Å². The Morgan fingerprint density at radius 2 is 2.11 bits per heavy atom. The molecular weight excluding hydrogens is 254 g/mol. The van der Waals surface area contributed by atoms with Gasteiger partial charge in [0, 0.05) is 12.2 Å². The molecule has 0 fully saturated rings. The van der Waals surface area contributed by atoms with E-state index in [0.717, 1.165) is 0 Å². The normalized spacial score (nSPS) is 11.2. The highest BCUT2D eigenvalue weighted by atomic mass is 32.2. The number of nitrogen functional groups attached to an aromatic ring is 1. The fourth-order valence-electron chi connectivity index (χ4n) is 1.39. The highest BCUT2D eigenvalue weighted by Gasteiger charge is 2.13. The van der Waals surface area contributed by atoms with Crippen molar-refractivity contribution in [2.24, 2.45) is 0 Å². The molecular formula is C11H17N3O3S. The molecule has 0 aliphatic heterocycles. The third kappa shape index (κ3) is 5.15. The summed E-state index contributed by atoms with van der Waals surface area (Å²) >= 11 is 0. The first-order valence-electron chi connectivity index (χ1n) is 5.51. The molecule has 4 N–H and O–H groups in total. The molecule has 0 aliphatic carbocycles. The van der Waals surface area contributed by atoms with Gasteiger partial charge in [-0.2, -0.15) is 0 Å². The molecule has 0 spiro atoms. The number of benzene rings is 1. The van der Waals surface area contributed by atoms with Gasteiger partial charge in [0.25, 0.3) is 0 Å². The summed E-state index contributed by atoms with van der Waals surface area (Å²) in [5.74, 6) is -0.550. The number of nitrogens with one attached hydrogen (secondary N) is 2. The molecule has 0 radical (unpaired) electrons. The standard InChI is InChI=1S/C11H17N3O3S/c1-2-13-11(15)7-14-18(16,17)8-9-4-3-5-10(12)6-9/h3-6,14H,2,7-8,12H2,1H3,(H,13,15). The number of amides is 1. The van der Waals surface area contributed by atoms with E-state index >= 15 is 0 Å². The van der Waals surface area contributed by atoms with Crippen LogP contribution >= 0.6 is 0 Å². The van der Waals surface area contributed by atoms with Crippen molar-refractivity contribution in [3.63, 3.8) is 0 Å². The summed E-state index contributed by atoms with van der Waals surface area (Å²) in [4.78, 5) is 11.1. The van der Waals surface area contributed by atoms with Crippen molar-refractivity contribution in [2.75, 3.05) is 18.8 Å². The van der Waals surface area contributed by atoms with Crippen LogP contribution < -0.4 is 15.8 Å². The van der Waals surface area contributed by atoms with Gasteiger partial charge < -0.3 is 11.1 Å². The highest BCUT2D eigenvalue weighted by Crippen LogP contribution is 2.09. The van der Waals surface area contributed by atoms with Gasteiger partial charge in [-0.15, -0.1) is 0 Å². The summed E-state index contributed by atoms with van der Waals surface area (Å²) in [6.45, 7) is 1.98. The first kappa shape index (κ1) is 14.5. The second kappa shape index (κ2) is 6.36. The number of carbonyl (C=O) groups is 1. The number of rotatable bonds is 6. The number of sulfonamides is 1. The minimum Gasteiger partial charge on any atom is -0.399 e. The molecule has 0 aliphatic rings. The van der Waals surface area contributed by atoms with Crippen molar-refractivity contribution >= 4 is 21.6 Å². The van der Waals surface area contributed by atoms with Crippen LogP contribution in [0.1, 0.15) is 12.5 Å². The molecule has 1 aromatic carbocycles. The summed E-state index contributed by atoms with van der Waals surface area (Å²) in [7, 11) is -3.53. The van der Waals surface area contributed by atoms with E-state index in [2.05, 4.69) is 10.0 Å².